The molecule has 1 aliphatic rings. The molecule has 0 saturated heterocycles. The van der Waals surface area contributed by atoms with Crippen molar-refractivity contribution in [1.29, 1.82) is 0 Å². The van der Waals surface area contributed by atoms with E-state index in [0.29, 0.717) is 5.57 Å². The van der Waals surface area contributed by atoms with Gasteiger partial charge in [0, 0.05) is 11.6 Å². The zero-order chi connectivity index (χ0) is 19.3. The fourth-order valence-corrected chi connectivity index (χ4v) is 1.99. The molecule has 0 amide bonds. The number of non-ortho nitro benzene ring substituents is 1. The maximum absolute atomic E-state index is 11.8. The number of hydrogen-bond donors (Lipinski definition) is 0. The molecule has 1 aromatic rings. The molecular formula is C15H12N4O7. The molecule has 11 heteroatoms. The van der Waals surface area contributed by atoms with Crippen LogP contribution in [0.3, 0.4) is 0 Å². The SMILES string of the molecule is COC1=CC(=CN=Nc2ccc([N+](=O)[O-])cc2[N+](=O)[O-])C=C(OC)C1=O. The summed E-state index contributed by atoms with van der Waals surface area (Å²) in [5.41, 5.74) is -0.732. The maximum atomic E-state index is 11.8. The van der Waals surface area contributed by atoms with Crippen LogP contribution in [0.15, 0.2) is 63.9 Å². The zero-order valence-electron chi connectivity index (χ0n) is 13.6. The summed E-state index contributed by atoms with van der Waals surface area (Å²) >= 11 is 0. The maximum Gasteiger partial charge on any atom is 0.303 e. The summed E-state index contributed by atoms with van der Waals surface area (Å²) in [7, 11) is 2.64. The molecule has 134 valence electrons. The van der Waals surface area contributed by atoms with Gasteiger partial charge in [-0.1, -0.05) is 0 Å². The van der Waals surface area contributed by atoms with Crippen molar-refractivity contribution in [2.24, 2.45) is 10.2 Å². The van der Waals surface area contributed by atoms with Gasteiger partial charge in [0.25, 0.3) is 11.5 Å². The number of hydrogen-bond acceptors (Lipinski definition) is 9. The van der Waals surface area contributed by atoms with Gasteiger partial charge in [0.2, 0.25) is 0 Å². The molecule has 0 fully saturated rings. The van der Waals surface area contributed by atoms with E-state index >= 15 is 0 Å². The van der Waals surface area contributed by atoms with Crippen molar-refractivity contribution >= 4 is 22.8 Å². The van der Waals surface area contributed by atoms with Gasteiger partial charge in [-0.15, -0.1) is 5.11 Å². The van der Waals surface area contributed by atoms with Gasteiger partial charge < -0.3 is 9.47 Å². The average molecular weight is 360 g/mol. The van der Waals surface area contributed by atoms with Crippen molar-refractivity contribution in [1.82, 2.24) is 0 Å². The first-order chi connectivity index (χ1) is 12.4. The lowest BCUT2D eigenvalue weighted by Gasteiger charge is -2.12. The first-order valence-electron chi connectivity index (χ1n) is 6.97. The Hall–Kier alpha value is -3.89. The Morgan fingerprint density at radius 1 is 1.04 bits per heavy atom. The Labute approximate surface area is 146 Å². The highest BCUT2D eigenvalue weighted by molar-refractivity contribution is 6.07. The highest BCUT2D eigenvalue weighted by Crippen LogP contribution is 2.31. The number of Topliss-reactive ketones (excluding diaryl/α,β-unsaturated/α-hetero) is 1. The summed E-state index contributed by atoms with van der Waals surface area (Å²) in [6, 6.07) is 3.00. The molecule has 1 aliphatic carbocycles. The molecule has 1 aromatic carbocycles. The fourth-order valence-electron chi connectivity index (χ4n) is 1.99. The topological polar surface area (TPSA) is 147 Å². The summed E-state index contributed by atoms with van der Waals surface area (Å²) in [4.78, 5) is 32.0. The molecule has 2 rings (SSSR count). The van der Waals surface area contributed by atoms with Gasteiger partial charge in [0.1, 0.15) is 0 Å². The molecule has 26 heavy (non-hydrogen) atoms. The minimum absolute atomic E-state index is 0.0344. The zero-order valence-corrected chi connectivity index (χ0v) is 13.6. The van der Waals surface area contributed by atoms with Gasteiger partial charge in [-0.25, -0.2) is 0 Å². The van der Waals surface area contributed by atoms with E-state index in [9.17, 15) is 25.0 Å². The van der Waals surface area contributed by atoms with E-state index in [1.54, 1.807) is 0 Å². The number of azo groups is 1. The quantitative estimate of drug-likeness (QED) is 0.430. The van der Waals surface area contributed by atoms with Gasteiger partial charge in [0.15, 0.2) is 17.2 Å². The Balaban J connectivity index is 2.35. The van der Waals surface area contributed by atoms with E-state index in [4.69, 9.17) is 9.47 Å². The Morgan fingerprint density at radius 3 is 2.15 bits per heavy atom. The average Bonchev–Trinajstić information content (AvgIpc) is 2.62. The van der Waals surface area contributed by atoms with E-state index in [0.717, 1.165) is 18.2 Å². The number of carbonyl (C=O) groups excluding carboxylic acids is 1. The van der Waals surface area contributed by atoms with E-state index in [-0.39, 0.29) is 17.2 Å². The van der Waals surface area contributed by atoms with Gasteiger partial charge in [-0.05, 0) is 18.2 Å². The molecule has 0 N–H and O–H groups in total. The summed E-state index contributed by atoms with van der Waals surface area (Å²) in [6.45, 7) is 0. The summed E-state index contributed by atoms with van der Waals surface area (Å²) < 4.78 is 9.88. The second-order valence-corrected chi connectivity index (χ2v) is 4.79. The second-order valence-electron chi connectivity index (χ2n) is 4.79. The van der Waals surface area contributed by atoms with Crippen LogP contribution in [0.5, 0.6) is 0 Å². The van der Waals surface area contributed by atoms with E-state index in [1.165, 1.54) is 32.6 Å². The smallest absolute Gasteiger partial charge is 0.303 e. The van der Waals surface area contributed by atoms with Gasteiger partial charge in [-0.3, -0.25) is 25.0 Å². The first-order valence-corrected chi connectivity index (χ1v) is 6.97. The van der Waals surface area contributed by atoms with Crippen LogP contribution in [0.2, 0.25) is 0 Å². The van der Waals surface area contributed by atoms with Gasteiger partial charge >= 0.3 is 5.69 Å². The monoisotopic (exact) mass is 360 g/mol. The highest BCUT2D eigenvalue weighted by atomic mass is 16.6. The number of ether oxygens (including phenoxy) is 2. The number of rotatable bonds is 6. The van der Waals surface area contributed by atoms with Crippen LogP contribution in [0.4, 0.5) is 17.1 Å². The predicted octanol–water partition coefficient (Wildman–Crippen LogP) is 3.11. The van der Waals surface area contributed by atoms with Crippen molar-refractivity contribution in [2.75, 3.05) is 14.2 Å². The molecule has 0 spiro atoms. The molecule has 11 nitrogen and oxygen atoms in total. The standard InChI is InChI=1S/C15H12N4O7/c1-25-13-5-9(6-14(26-2)15(13)20)8-16-17-11-4-3-10(18(21)22)7-12(11)19(23)24/h3-8H,1-2H3. The van der Waals surface area contributed by atoms with Crippen molar-refractivity contribution in [3.05, 3.63) is 73.9 Å². The largest absolute Gasteiger partial charge is 0.492 e. The number of carbonyl (C=O) groups is 1. The van der Waals surface area contributed by atoms with Crippen LogP contribution in [-0.4, -0.2) is 29.8 Å². The minimum atomic E-state index is -0.792. The van der Waals surface area contributed by atoms with Crippen molar-refractivity contribution in [2.45, 2.75) is 0 Å². The van der Waals surface area contributed by atoms with Crippen LogP contribution < -0.4 is 0 Å². The molecule has 0 unspecified atom stereocenters. The number of ketones is 1. The lowest BCUT2D eigenvalue weighted by Crippen LogP contribution is -2.13. The van der Waals surface area contributed by atoms with E-state index in [1.807, 2.05) is 0 Å². The molecule has 0 aromatic heterocycles. The van der Waals surface area contributed by atoms with Gasteiger partial charge in [0.05, 0.1) is 36.3 Å². The molecule has 0 saturated carbocycles. The summed E-state index contributed by atoms with van der Waals surface area (Å²) in [5.74, 6) is -0.366. The highest BCUT2D eigenvalue weighted by Gasteiger charge is 2.22. The number of benzene rings is 1. The van der Waals surface area contributed by atoms with Crippen molar-refractivity contribution in [3.8, 4) is 0 Å². The third-order valence-electron chi connectivity index (χ3n) is 3.22. The summed E-state index contributed by atoms with van der Waals surface area (Å²) in [6.07, 6.45) is 4.03. The van der Waals surface area contributed by atoms with Gasteiger partial charge in [-0.2, -0.15) is 5.11 Å². The third kappa shape index (κ3) is 3.95. The fraction of sp³-hybridized carbons (Fsp3) is 0.133. The predicted molar refractivity (Wildman–Crippen MR) is 87.5 cm³/mol. The number of methoxy groups -OCH3 is 2. The Morgan fingerprint density at radius 2 is 1.65 bits per heavy atom. The molecule has 0 aliphatic heterocycles. The lowest BCUT2D eigenvalue weighted by atomic mass is 10.1. The first kappa shape index (κ1) is 18.4. The van der Waals surface area contributed by atoms with Crippen molar-refractivity contribution in [3.63, 3.8) is 0 Å². The molecule has 0 atom stereocenters. The minimum Gasteiger partial charge on any atom is -0.492 e. The Bertz CT molecular complexity index is 873. The molecular weight excluding hydrogens is 348 g/mol. The van der Waals surface area contributed by atoms with Crippen LogP contribution in [0, 0.1) is 20.2 Å². The number of nitro groups is 2. The second kappa shape index (κ2) is 7.79. The molecule has 0 bridgehead atoms. The number of nitrogens with zero attached hydrogens (tertiary/aromatic N) is 4. The van der Waals surface area contributed by atoms with Crippen LogP contribution >= 0.6 is 0 Å². The van der Waals surface area contributed by atoms with E-state index in [2.05, 4.69) is 10.2 Å². The number of allylic oxidation sites excluding steroid dienone is 3. The van der Waals surface area contributed by atoms with Crippen LogP contribution in [0.1, 0.15) is 0 Å². The molecule has 0 heterocycles. The molecule has 0 radical (unpaired) electrons. The number of nitro benzene ring substituents is 2. The summed E-state index contributed by atoms with van der Waals surface area (Å²) in [5, 5.41) is 29.2. The Kier molecular flexibility index (Phi) is 5.53. The third-order valence-corrected chi connectivity index (χ3v) is 3.22. The normalized spacial score (nSPS) is 13.9. The van der Waals surface area contributed by atoms with Crippen molar-refractivity contribution < 1.29 is 24.1 Å². The lowest BCUT2D eigenvalue weighted by molar-refractivity contribution is -0.393. The van der Waals surface area contributed by atoms with Crippen LogP contribution in [-0.2, 0) is 14.3 Å². The van der Waals surface area contributed by atoms with Crippen LogP contribution in [0.25, 0.3) is 0 Å². The van der Waals surface area contributed by atoms with E-state index < -0.39 is 27.0 Å².